The number of hydrogen-bond acceptors (Lipinski definition) is 2. The average molecular weight is 289 g/mol. The minimum atomic E-state index is -4.60. The predicted molar refractivity (Wildman–Crippen MR) is 61.1 cm³/mol. The van der Waals surface area contributed by atoms with E-state index in [0.29, 0.717) is 12.3 Å². The Kier molecular flexibility index (Phi) is 3.61. The van der Waals surface area contributed by atoms with Gasteiger partial charge in [0.05, 0.1) is 12.7 Å². The lowest BCUT2D eigenvalue weighted by Gasteiger charge is -2.12. The summed E-state index contributed by atoms with van der Waals surface area (Å²) in [5.41, 5.74) is -1.50. The molecule has 0 fully saturated rings. The highest BCUT2D eigenvalue weighted by molar-refractivity contribution is 5.67. The molecule has 0 aliphatic rings. The highest BCUT2D eigenvalue weighted by atomic mass is 19.4. The molecule has 0 unspecified atom stereocenters. The molecule has 0 spiro atoms. The molecule has 2 nitrogen and oxygen atoms in total. The summed E-state index contributed by atoms with van der Waals surface area (Å²) in [5.74, 6) is -2.60. The van der Waals surface area contributed by atoms with Crippen molar-refractivity contribution in [3.05, 3.63) is 47.7 Å². The van der Waals surface area contributed by atoms with Crippen LogP contribution in [0.15, 0.2) is 30.5 Å². The van der Waals surface area contributed by atoms with E-state index in [1.165, 1.54) is 12.1 Å². The zero-order chi connectivity index (χ0) is 14.9. The summed E-state index contributed by atoms with van der Waals surface area (Å²) in [6.07, 6.45) is -4.05. The van der Waals surface area contributed by atoms with Crippen LogP contribution in [0, 0.1) is 11.6 Å². The molecular formula is C13H8F5NO. The molecule has 0 saturated carbocycles. The molecule has 1 aromatic heterocycles. The summed E-state index contributed by atoms with van der Waals surface area (Å²) in [5, 5.41) is 0. The molecule has 0 aliphatic heterocycles. The maximum atomic E-state index is 13.6. The third-order valence-corrected chi connectivity index (χ3v) is 2.61. The molecule has 0 N–H and O–H groups in total. The van der Waals surface area contributed by atoms with Gasteiger partial charge < -0.3 is 4.74 Å². The van der Waals surface area contributed by atoms with Gasteiger partial charge >= 0.3 is 6.18 Å². The quantitative estimate of drug-likeness (QED) is 0.778. The molecule has 0 atom stereocenters. The van der Waals surface area contributed by atoms with Crippen LogP contribution in [0.25, 0.3) is 11.3 Å². The van der Waals surface area contributed by atoms with E-state index in [1.807, 2.05) is 0 Å². The number of aromatic nitrogens is 1. The normalized spacial score (nSPS) is 11.5. The van der Waals surface area contributed by atoms with Crippen molar-refractivity contribution in [3.8, 4) is 17.0 Å². The average Bonchev–Trinajstić information content (AvgIpc) is 2.40. The number of rotatable bonds is 2. The van der Waals surface area contributed by atoms with Crippen molar-refractivity contribution < 1.29 is 26.7 Å². The highest BCUT2D eigenvalue weighted by Gasteiger charge is 2.32. The van der Waals surface area contributed by atoms with Crippen molar-refractivity contribution in [3.63, 3.8) is 0 Å². The van der Waals surface area contributed by atoms with E-state index in [-0.39, 0.29) is 17.0 Å². The summed E-state index contributed by atoms with van der Waals surface area (Å²) in [7, 11) is 1.12. The Labute approximate surface area is 110 Å². The summed E-state index contributed by atoms with van der Waals surface area (Å²) >= 11 is 0. The number of alkyl halides is 3. The molecule has 0 radical (unpaired) electrons. The molecule has 2 aromatic rings. The molecular weight excluding hydrogens is 281 g/mol. The van der Waals surface area contributed by atoms with E-state index >= 15 is 0 Å². The van der Waals surface area contributed by atoms with Crippen molar-refractivity contribution in [1.29, 1.82) is 0 Å². The first kappa shape index (κ1) is 14.2. The molecule has 0 amide bonds. The van der Waals surface area contributed by atoms with E-state index in [2.05, 4.69) is 4.98 Å². The Hall–Kier alpha value is -2.18. The van der Waals surface area contributed by atoms with E-state index < -0.39 is 23.4 Å². The van der Waals surface area contributed by atoms with Crippen LogP contribution in [0.5, 0.6) is 5.75 Å². The lowest BCUT2D eigenvalue weighted by molar-refractivity contribution is -0.137. The van der Waals surface area contributed by atoms with Gasteiger partial charge in [-0.25, -0.2) is 8.78 Å². The summed E-state index contributed by atoms with van der Waals surface area (Å²) < 4.78 is 69.2. The summed E-state index contributed by atoms with van der Waals surface area (Å²) in [6.45, 7) is 0. The van der Waals surface area contributed by atoms with Crippen LogP contribution in [-0.4, -0.2) is 12.1 Å². The lowest BCUT2D eigenvalue weighted by atomic mass is 10.1. The van der Waals surface area contributed by atoms with Crippen LogP contribution in [-0.2, 0) is 6.18 Å². The van der Waals surface area contributed by atoms with E-state index in [9.17, 15) is 22.0 Å². The second-order valence-corrected chi connectivity index (χ2v) is 3.87. The van der Waals surface area contributed by atoms with Crippen molar-refractivity contribution >= 4 is 0 Å². The molecule has 2 rings (SSSR count). The Bertz CT molecular complexity index is 639. The van der Waals surface area contributed by atoms with Crippen LogP contribution < -0.4 is 4.74 Å². The largest absolute Gasteiger partial charge is 0.494 e. The minimum Gasteiger partial charge on any atom is -0.494 e. The molecule has 1 heterocycles. The molecule has 106 valence electrons. The Balaban J connectivity index is 2.61. The lowest BCUT2D eigenvalue weighted by Crippen LogP contribution is -2.07. The van der Waals surface area contributed by atoms with Gasteiger partial charge in [0, 0.05) is 11.8 Å². The maximum Gasteiger partial charge on any atom is 0.418 e. The highest BCUT2D eigenvalue weighted by Crippen LogP contribution is 2.36. The van der Waals surface area contributed by atoms with Gasteiger partial charge in [-0.05, 0) is 18.2 Å². The molecule has 0 bridgehead atoms. The summed E-state index contributed by atoms with van der Waals surface area (Å²) in [4.78, 5) is 3.54. The van der Waals surface area contributed by atoms with Crippen LogP contribution in [0.3, 0.4) is 0 Å². The van der Waals surface area contributed by atoms with E-state index in [4.69, 9.17) is 4.74 Å². The van der Waals surface area contributed by atoms with Gasteiger partial charge in [-0.1, -0.05) is 6.07 Å². The number of nitrogens with zero attached hydrogens (tertiary/aromatic N) is 1. The second kappa shape index (κ2) is 5.07. The number of ether oxygens (including phenoxy) is 1. The van der Waals surface area contributed by atoms with Crippen LogP contribution >= 0.6 is 0 Å². The maximum absolute atomic E-state index is 13.6. The Morgan fingerprint density at radius 3 is 2.45 bits per heavy atom. The van der Waals surface area contributed by atoms with Crippen LogP contribution in [0.4, 0.5) is 22.0 Å². The first-order valence-corrected chi connectivity index (χ1v) is 5.40. The number of hydrogen-bond donors (Lipinski definition) is 0. The second-order valence-electron chi connectivity index (χ2n) is 3.87. The first-order valence-electron chi connectivity index (χ1n) is 5.40. The number of pyridine rings is 1. The minimum absolute atomic E-state index is 0.197. The van der Waals surface area contributed by atoms with E-state index in [1.54, 1.807) is 0 Å². The molecule has 7 heteroatoms. The predicted octanol–water partition coefficient (Wildman–Crippen LogP) is 4.05. The van der Waals surface area contributed by atoms with E-state index in [0.717, 1.165) is 13.2 Å². The zero-order valence-corrected chi connectivity index (χ0v) is 10.1. The van der Waals surface area contributed by atoms with Crippen molar-refractivity contribution in [2.75, 3.05) is 7.11 Å². The van der Waals surface area contributed by atoms with Gasteiger partial charge in [0.15, 0.2) is 11.6 Å². The Morgan fingerprint density at radius 2 is 1.85 bits per heavy atom. The first-order chi connectivity index (χ1) is 9.34. The molecule has 20 heavy (non-hydrogen) atoms. The fourth-order valence-corrected chi connectivity index (χ4v) is 1.64. The standard InChI is InChI=1S/C13H8F5NO/c1-20-10-5-7(13(16,17)18)6-19-12(10)8-3-2-4-9(14)11(8)15/h2-6H,1H3. The molecule has 1 aromatic carbocycles. The van der Waals surface area contributed by atoms with Gasteiger partial charge in [0.25, 0.3) is 0 Å². The third kappa shape index (κ3) is 2.56. The van der Waals surface area contributed by atoms with Crippen molar-refractivity contribution in [2.45, 2.75) is 6.18 Å². The van der Waals surface area contributed by atoms with Gasteiger partial charge in [0.1, 0.15) is 11.4 Å². The monoisotopic (exact) mass is 289 g/mol. The Morgan fingerprint density at radius 1 is 1.15 bits per heavy atom. The van der Waals surface area contributed by atoms with Gasteiger partial charge in [-0.3, -0.25) is 4.98 Å². The van der Waals surface area contributed by atoms with Gasteiger partial charge in [-0.2, -0.15) is 13.2 Å². The fourth-order valence-electron chi connectivity index (χ4n) is 1.64. The number of halogens is 5. The topological polar surface area (TPSA) is 22.1 Å². The van der Waals surface area contributed by atoms with Gasteiger partial charge in [-0.15, -0.1) is 0 Å². The molecule has 0 saturated heterocycles. The zero-order valence-electron chi connectivity index (χ0n) is 10.1. The SMILES string of the molecule is COc1cc(C(F)(F)F)cnc1-c1cccc(F)c1F. The third-order valence-electron chi connectivity index (χ3n) is 2.61. The number of benzene rings is 1. The van der Waals surface area contributed by atoms with Crippen molar-refractivity contribution in [2.24, 2.45) is 0 Å². The number of methoxy groups -OCH3 is 1. The van der Waals surface area contributed by atoms with Gasteiger partial charge in [0.2, 0.25) is 0 Å². The molecule has 0 aliphatic carbocycles. The fraction of sp³-hybridized carbons (Fsp3) is 0.154. The van der Waals surface area contributed by atoms with Crippen LogP contribution in [0.2, 0.25) is 0 Å². The van der Waals surface area contributed by atoms with Crippen molar-refractivity contribution in [1.82, 2.24) is 4.98 Å². The van der Waals surface area contributed by atoms with Crippen LogP contribution in [0.1, 0.15) is 5.56 Å². The summed E-state index contributed by atoms with van der Waals surface area (Å²) in [6, 6.07) is 4.02. The smallest absolute Gasteiger partial charge is 0.418 e.